The van der Waals surface area contributed by atoms with Crippen LogP contribution in [0.5, 0.6) is 5.75 Å². The minimum Gasteiger partial charge on any atom is -0.508 e. The molecule has 0 bridgehead atoms. The molecule has 0 amide bonds. The molecule has 0 aliphatic heterocycles. The molecule has 1 atom stereocenters. The van der Waals surface area contributed by atoms with E-state index in [9.17, 15) is 5.11 Å². The van der Waals surface area contributed by atoms with Gasteiger partial charge in [-0.2, -0.15) is 0 Å². The summed E-state index contributed by atoms with van der Waals surface area (Å²) in [6.07, 6.45) is 4.88. The maximum absolute atomic E-state index is 9.63. The number of rotatable bonds is 7. The first kappa shape index (κ1) is 13.0. The van der Waals surface area contributed by atoms with Crippen LogP contribution in [0.15, 0.2) is 24.3 Å². The molecule has 0 fully saturated rings. The van der Waals surface area contributed by atoms with Crippen LogP contribution in [0.2, 0.25) is 0 Å². The zero-order chi connectivity index (χ0) is 11.8. The SMILES string of the molecule is CCCCC(CC)NCc1ccccc1O. The summed E-state index contributed by atoms with van der Waals surface area (Å²) in [6, 6.07) is 8.09. The predicted molar refractivity (Wildman–Crippen MR) is 68.6 cm³/mol. The zero-order valence-corrected chi connectivity index (χ0v) is 10.4. The van der Waals surface area contributed by atoms with Crippen LogP contribution in [0.3, 0.4) is 0 Å². The summed E-state index contributed by atoms with van der Waals surface area (Å²) in [5.41, 5.74) is 0.984. The van der Waals surface area contributed by atoms with Gasteiger partial charge in [-0.1, -0.05) is 44.9 Å². The van der Waals surface area contributed by atoms with Crippen LogP contribution in [-0.4, -0.2) is 11.1 Å². The molecule has 0 aliphatic rings. The van der Waals surface area contributed by atoms with E-state index in [2.05, 4.69) is 19.2 Å². The number of nitrogens with one attached hydrogen (secondary N) is 1. The number of phenols is 1. The van der Waals surface area contributed by atoms with E-state index in [-0.39, 0.29) is 0 Å². The Morgan fingerprint density at radius 3 is 2.62 bits per heavy atom. The Morgan fingerprint density at radius 2 is 2.00 bits per heavy atom. The zero-order valence-electron chi connectivity index (χ0n) is 10.4. The van der Waals surface area contributed by atoms with E-state index in [1.54, 1.807) is 6.07 Å². The summed E-state index contributed by atoms with van der Waals surface area (Å²) in [5.74, 6) is 0.389. The highest BCUT2D eigenvalue weighted by atomic mass is 16.3. The number of hydrogen-bond donors (Lipinski definition) is 2. The summed E-state index contributed by atoms with van der Waals surface area (Å²) in [7, 11) is 0. The van der Waals surface area contributed by atoms with Crippen LogP contribution >= 0.6 is 0 Å². The first-order valence-electron chi connectivity index (χ1n) is 6.28. The maximum atomic E-state index is 9.63. The Morgan fingerprint density at radius 1 is 1.25 bits per heavy atom. The van der Waals surface area contributed by atoms with Gasteiger partial charge in [0.15, 0.2) is 0 Å². The predicted octanol–water partition coefficient (Wildman–Crippen LogP) is 3.45. The topological polar surface area (TPSA) is 32.3 Å². The van der Waals surface area contributed by atoms with Crippen molar-refractivity contribution in [3.8, 4) is 5.75 Å². The van der Waals surface area contributed by atoms with Gasteiger partial charge in [0.25, 0.3) is 0 Å². The fraction of sp³-hybridized carbons (Fsp3) is 0.571. The second kappa shape index (κ2) is 7.29. The molecule has 0 aromatic heterocycles. The highest BCUT2D eigenvalue weighted by Crippen LogP contribution is 2.15. The van der Waals surface area contributed by atoms with Crippen LogP contribution in [0.25, 0.3) is 0 Å². The smallest absolute Gasteiger partial charge is 0.120 e. The minimum absolute atomic E-state index is 0.389. The van der Waals surface area contributed by atoms with Gasteiger partial charge in [-0.3, -0.25) is 0 Å². The van der Waals surface area contributed by atoms with Crippen LogP contribution in [0, 0.1) is 0 Å². The van der Waals surface area contributed by atoms with E-state index in [1.807, 2.05) is 18.2 Å². The van der Waals surface area contributed by atoms with E-state index >= 15 is 0 Å². The maximum Gasteiger partial charge on any atom is 0.120 e. The molecule has 0 saturated carbocycles. The molecule has 16 heavy (non-hydrogen) atoms. The lowest BCUT2D eigenvalue weighted by Gasteiger charge is -2.16. The molecule has 2 nitrogen and oxygen atoms in total. The van der Waals surface area contributed by atoms with Gasteiger partial charge in [-0.15, -0.1) is 0 Å². The highest BCUT2D eigenvalue weighted by Gasteiger charge is 2.06. The van der Waals surface area contributed by atoms with E-state index in [1.165, 1.54) is 19.3 Å². The van der Waals surface area contributed by atoms with Crippen molar-refractivity contribution in [2.24, 2.45) is 0 Å². The number of unbranched alkanes of at least 4 members (excludes halogenated alkanes) is 1. The molecule has 1 rings (SSSR count). The normalized spacial score (nSPS) is 12.6. The number of benzene rings is 1. The van der Waals surface area contributed by atoms with E-state index in [0.717, 1.165) is 18.5 Å². The van der Waals surface area contributed by atoms with Gasteiger partial charge in [0.1, 0.15) is 5.75 Å². The van der Waals surface area contributed by atoms with Crippen molar-refractivity contribution in [3.05, 3.63) is 29.8 Å². The Hall–Kier alpha value is -1.02. The van der Waals surface area contributed by atoms with Crippen LogP contribution < -0.4 is 5.32 Å². The van der Waals surface area contributed by atoms with Crippen molar-refractivity contribution in [2.75, 3.05) is 0 Å². The van der Waals surface area contributed by atoms with Crippen molar-refractivity contribution >= 4 is 0 Å². The average molecular weight is 221 g/mol. The lowest BCUT2D eigenvalue weighted by Crippen LogP contribution is -2.27. The second-order valence-electron chi connectivity index (χ2n) is 4.26. The molecule has 2 N–H and O–H groups in total. The molecule has 0 spiro atoms. The molecule has 0 heterocycles. The van der Waals surface area contributed by atoms with Gasteiger partial charge in [-0.05, 0) is 18.9 Å². The molecule has 1 unspecified atom stereocenters. The first-order chi connectivity index (χ1) is 7.77. The van der Waals surface area contributed by atoms with Crippen molar-refractivity contribution in [2.45, 2.75) is 52.1 Å². The van der Waals surface area contributed by atoms with Gasteiger partial charge >= 0.3 is 0 Å². The lowest BCUT2D eigenvalue weighted by atomic mass is 10.1. The minimum atomic E-state index is 0.389. The molecule has 0 radical (unpaired) electrons. The largest absolute Gasteiger partial charge is 0.508 e. The van der Waals surface area contributed by atoms with Crippen molar-refractivity contribution < 1.29 is 5.11 Å². The summed E-state index contributed by atoms with van der Waals surface area (Å²) in [4.78, 5) is 0. The van der Waals surface area contributed by atoms with Crippen molar-refractivity contribution in [3.63, 3.8) is 0 Å². The summed E-state index contributed by atoms with van der Waals surface area (Å²) < 4.78 is 0. The van der Waals surface area contributed by atoms with Gasteiger partial charge in [0, 0.05) is 18.2 Å². The molecule has 0 aliphatic carbocycles. The van der Waals surface area contributed by atoms with Crippen LogP contribution in [0.1, 0.15) is 45.1 Å². The number of para-hydroxylation sites is 1. The van der Waals surface area contributed by atoms with Gasteiger partial charge in [0.05, 0.1) is 0 Å². The molecule has 1 aromatic carbocycles. The van der Waals surface area contributed by atoms with Crippen molar-refractivity contribution in [1.29, 1.82) is 0 Å². The quantitative estimate of drug-likeness (QED) is 0.739. The number of aromatic hydroxyl groups is 1. The van der Waals surface area contributed by atoms with Gasteiger partial charge in [0.2, 0.25) is 0 Å². The van der Waals surface area contributed by atoms with E-state index < -0.39 is 0 Å². The summed E-state index contributed by atoms with van der Waals surface area (Å²) >= 11 is 0. The Labute approximate surface area is 98.7 Å². The van der Waals surface area contributed by atoms with E-state index in [4.69, 9.17) is 0 Å². The third-order valence-electron chi connectivity index (χ3n) is 2.97. The molecule has 2 heteroatoms. The summed E-state index contributed by atoms with van der Waals surface area (Å²) in [6.45, 7) is 5.18. The van der Waals surface area contributed by atoms with Crippen molar-refractivity contribution in [1.82, 2.24) is 5.32 Å². The fourth-order valence-corrected chi connectivity index (χ4v) is 1.82. The number of phenolic OH excluding ortho intramolecular Hbond substituents is 1. The summed E-state index contributed by atoms with van der Waals surface area (Å²) in [5, 5.41) is 13.1. The fourth-order valence-electron chi connectivity index (χ4n) is 1.82. The Bertz CT molecular complexity index is 299. The third-order valence-corrected chi connectivity index (χ3v) is 2.97. The molecular formula is C14H23NO. The average Bonchev–Trinajstić information content (AvgIpc) is 2.31. The Balaban J connectivity index is 2.40. The molecule has 90 valence electrons. The van der Waals surface area contributed by atoms with Crippen LogP contribution in [0.4, 0.5) is 0 Å². The molecule has 0 saturated heterocycles. The Kier molecular flexibility index (Phi) is 5.94. The first-order valence-corrected chi connectivity index (χ1v) is 6.28. The molecule has 1 aromatic rings. The standard InChI is InChI=1S/C14H23NO/c1-3-5-9-13(4-2)15-11-12-8-6-7-10-14(12)16/h6-8,10,13,15-16H,3-5,9,11H2,1-2H3. The van der Waals surface area contributed by atoms with E-state index in [0.29, 0.717) is 11.8 Å². The van der Waals surface area contributed by atoms with Gasteiger partial charge < -0.3 is 10.4 Å². The number of hydrogen-bond acceptors (Lipinski definition) is 2. The third kappa shape index (κ3) is 4.23. The van der Waals surface area contributed by atoms with Gasteiger partial charge in [-0.25, -0.2) is 0 Å². The second-order valence-corrected chi connectivity index (χ2v) is 4.26. The highest BCUT2D eigenvalue weighted by molar-refractivity contribution is 5.31. The lowest BCUT2D eigenvalue weighted by molar-refractivity contribution is 0.434. The van der Waals surface area contributed by atoms with Crippen LogP contribution in [-0.2, 0) is 6.54 Å². The monoisotopic (exact) mass is 221 g/mol. The molecular weight excluding hydrogens is 198 g/mol.